The van der Waals surface area contributed by atoms with E-state index in [2.05, 4.69) is 18.3 Å². The number of rotatable bonds is 5. The highest BCUT2D eigenvalue weighted by Gasteiger charge is 2.22. The van der Waals surface area contributed by atoms with Gasteiger partial charge < -0.3 is 14.8 Å². The molecule has 0 bridgehead atoms. The quantitative estimate of drug-likeness (QED) is 0.886. The fourth-order valence-corrected chi connectivity index (χ4v) is 2.60. The Hall–Kier alpha value is -2.00. The molecule has 2 aromatic rings. The summed E-state index contributed by atoms with van der Waals surface area (Å²) in [7, 11) is 0. The molecule has 1 fully saturated rings. The standard InChI is InChI=1S/C18H21NO2/c1-14(15-11-12-20-13-15)19-17-9-5-6-10-18(17)21-16-7-3-2-4-8-16/h2-10,14-15,19H,11-13H2,1H3. The first kappa shape index (κ1) is 14.0. The van der Waals surface area contributed by atoms with Gasteiger partial charge in [0.2, 0.25) is 0 Å². The number of anilines is 1. The van der Waals surface area contributed by atoms with E-state index >= 15 is 0 Å². The molecular weight excluding hydrogens is 262 g/mol. The Labute approximate surface area is 125 Å². The molecule has 1 N–H and O–H groups in total. The number of ether oxygens (including phenoxy) is 2. The van der Waals surface area contributed by atoms with Gasteiger partial charge in [0.05, 0.1) is 12.3 Å². The maximum atomic E-state index is 5.98. The largest absolute Gasteiger partial charge is 0.455 e. The van der Waals surface area contributed by atoms with Gasteiger partial charge >= 0.3 is 0 Å². The minimum absolute atomic E-state index is 0.369. The first-order valence-electron chi connectivity index (χ1n) is 7.49. The van der Waals surface area contributed by atoms with Gasteiger partial charge in [-0.25, -0.2) is 0 Å². The van der Waals surface area contributed by atoms with Crippen molar-refractivity contribution in [2.45, 2.75) is 19.4 Å². The zero-order valence-electron chi connectivity index (χ0n) is 12.3. The molecular formula is C18H21NO2. The Morgan fingerprint density at radius 2 is 1.86 bits per heavy atom. The average molecular weight is 283 g/mol. The predicted molar refractivity (Wildman–Crippen MR) is 85.0 cm³/mol. The van der Waals surface area contributed by atoms with Crippen LogP contribution in [0, 0.1) is 5.92 Å². The lowest BCUT2D eigenvalue weighted by molar-refractivity contribution is 0.183. The van der Waals surface area contributed by atoms with Crippen molar-refractivity contribution in [2.75, 3.05) is 18.5 Å². The average Bonchev–Trinajstić information content (AvgIpc) is 3.05. The third-order valence-corrected chi connectivity index (χ3v) is 3.91. The molecule has 3 nitrogen and oxygen atoms in total. The summed E-state index contributed by atoms with van der Waals surface area (Å²) in [6.07, 6.45) is 1.12. The Morgan fingerprint density at radius 1 is 1.10 bits per heavy atom. The number of para-hydroxylation sites is 3. The van der Waals surface area contributed by atoms with Crippen LogP contribution in [0.25, 0.3) is 0 Å². The van der Waals surface area contributed by atoms with Gasteiger partial charge in [-0.15, -0.1) is 0 Å². The molecule has 0 aromatic heterocycles. The van der Waals surface area contributed by atoms with E-state index in [1.165, 1.54) is 0 Å². The normalized spacial score (nSPS) is 19.2. The van der Waals surface area contributed by atoms with Gasteiger partial charge in [-0.05, 0) is 37.6 Å². The van der Waals surface area contributed by atoms with E-state index in [0.717, 1.165) is 36.8 Å². The smallest absolute Gasteiger partial charge is 0.150 e. The molecule has 1 heterocycles. The van der Waals surface area contributed by atoms with E-state index in [-0.39, 0.29) is 0 Å². The molecule has 21 heavy (non-hydrogen) atoms. The molecule has 0 saturated carbocycles. The van der Waals surface area contributed by atoms with Crippen LogP contribution in [0.15, 0.2) is 54.6 Å². The fraction of sp³-hybridized carbons (Fsp3) is 0.333. The molecule has 2 unspecified atom stereocenters. The third-order valence-electron chi connectivity index (χ3n) is 3.91. The molecule has 0 radical (unpaired) electrons. The van der Waals surface area contributed by atoms with Crippen LogP contribution in [-0.4, -0.2) is 19.3 Å². The molecule has 110 valence electrons. The molecule has 0 aliphatic carbocycles. The van der Waals surface area contributed by atoms with Gasteiger partial charge in [0.15, 0.2) is 5.75 Å². The van der Waals surface area contributed by atoms with Crippen LogP contribution in [0.3, 0.4) is 0 Å². The molecule has 1 saturated heterocycles. The summed E-state index contributed by atoms with van der Waals surface area (Å²) in [5, 5.41) is 3.57. The summed E-state index contributed by atoms with van der Waals surface area (Å²) in [5.74, 6) is 2.27. The number of benzene rings is 2. The van der Waals surface area contributed by atoms with Crippen LogP contribution in [0.4, 0.5) is 5.69 Å². The highest BCUT2D eigenvalue weighted by atomic mass is 16.5. The van der Waals surface area contributed by atoms with E-state index in [1.54, 1.807) is 0 Å². The van der Waals surface area contributed by atoms with Crippen molar-refractivity contribution in [1.29, 1.82) is 0 Å². The number of nitrogens with one attached hydrogen (secondary N) is 1. The summed E-state index contributed by atoms with van der Waals surface area (Å²) < 4.78 is 11.4. The minimum Gasteiger partial charge on any atom is -0.455 e. The van der Waals surface area contributed by atoms with Crippen molar-refractivity contribution in [3.05, 3.63) is 54.6 Å². The Kier molecular flexibility index (Phi) is 4.41. The molecule has 3 rings (SSSR count). The van der Waals surface area contributed by atoms with Gasteiger partial charge in [-0.2, -0.15) is 0 Å². The van der Waals surface area contributed by atoms with E-state index in [0.29, 0.717) is 12.0 Å². The highest BCUT2D eigenvalue weighted by Crippen LogP contribution is 2.31. The van der Waals surface area contributed by atoms with Crippen LogP contribution >= 0.6 is 0 Å². The van der Waals surface area contributed by atoms with E-state index < -0.39 is 0 Å². The summed E-state index contributed by atoms with van der Waals surface area (Å²) in [5.41, 5.74) is 1.03. The van der Waals surface area contributed by atoms with Crippen LogP contribution in [-0.2, 0) is 4.74 Å². The van der Waals surface area contributed by atoms with Crippen molar-refractivity contribution in [2.24, 2.45) is 5.92 Å². The van der Waals surface area contributed by atoms with E-state index in [4.69, 9.17) is 9.47 Å². The van der Waals surface area contributed by atoms with E-state index in [9.17, 15) is 0 Å². The molecule has 0 spiro atoms. The third kappa shape index (κ3) is 3.56. The predicted octanol–water partition coefficient (Wildman–Crippen LogP) is 4.32. The maximum Gasteiger partial charge on any atom is 0.150 e. The summed E-state index contributed by atoms with van der Waals surface area (Å²) in [6, 6.07) is 18.3. The second kappa shape index (κ2) is 6.64. The molecule has 2 aromatic carbocycles. The molecule has 3 heteroatoms. The van der Waals surface area contributed by atoms with Crippen LogP contribution < -0.4 is 10.1 Å². The lowest BCUT2D eigenvalue weighted by Crippen LogP contribution is -2.26. The van der Waals surface area contributed by atoms with Gasteiger partial charge in [-0.3, -0.25) is 0 Å². The Balaban J connectivity index is 1.73. The Morgan fingerprint density at radius 3 is 2.62 bits per heavy atom. The molecule has 1 aliphatic rings. The van der Waals surface area contributed by atoms with Crippen LogP contribution in [0.5, 0.6) is 11.5 Å². The van der Waals surface area contributed by atoms with Crippen molar-refractivity contribution < 1.29 is 9.47 Å². The number of hydrogen-bond donors (Lipinski definition) is 1. The van der Waals surface area contributed by atoms with Crippen molar-refractivity contribution in [3.8, 4) is 11.5 Å². The van der Waals surface area contributed by atoms with Gasteiger partial charge in [0.1, 0.15) is 5.75 Å². The summed E-state index contributed by atoms with van der Waals surface area (Å²) in [4.78, 5) is 0. The Bertz CT molecular complexity index is 564. The maximum absolute atomic E-state index is 5.98. The first-order valence-corrected chi connectivity index (χ1v) is 7.49. The fourth-order valence-electron chi connectivity index (χ4n) is 2.60. The second-order valence-corrected chi connectivity index (χ2v) is 5.47. The van der Waals surface area contributed by atoms with Crippen molar-refractivity contribution in [1.82, 2.24) is 0 Å². The van der Waals surface area contributed by atoms with E-state index in [1.807, 2.05) is 48.5 Å². The number of hydrogen-bond acceptors (Lipinski definition) is 3. The molecule has 2 atom stereocenters. The van der Waals surface area contributed by atoms with Crippen LogP contribution in [0.1, 0.15) is 13.3 Å². The topological polar surface area (TPSA) is 30.5 Å². The van der Waals surface area contributed by atoms with Crippen molar-refractivity contribution in [3.63, 3.8) is 0 Å². The first-order chi connectivity index (χ1) is 10.3. The van der Waals surface area contributed by atoms with Crippen molar-refractivity contribution >= 4 is 5.69 Å². The summed E-state index contributed by atoms with van der Waals surface area (Å²) in [6.45, 7) is 3.92. The van der Waals surface area contributed by atoms with Crippen LogP contribution in [0.2, 0.25) is 0 Å². The summed E-state index contributed by atoms with van der Waals surface area (Å²) >= 11 is 0. The zero-order valence-corrected chi connectivity index (χ0v) is 12.3. The highest BCUT2D eigenvalue weighted by molar-refractivity contribution is 5.58. The monoisotopic (exact) mass is 283 g/mol. The molecule has 1 aliphatic heterocycles. The second-order valence-electron chi connectivity index (χ2n) is 5.47. The van der Waals surface area contributed by atoms with Gasteiger partial charge in [0.25, 0.3) is 0 Å². The van der Waals surface area contributed by atoms with Gasteiger partial charge in [0, 0.05) is 18.6 Å². The zero-order chi connectivity index (χ0) is 14.5. The molecule has 0 amide bonds. The minimum atomic E-state index is 0.369. The SMILES string of the molecule is CC(Nc1ccccc1Oc1ccccc1)C1CCOC1. The van der Waals surface area contributed by atoms with Gasteiger partial charge in [-0.1, -0.05) is 30.3 Å². The lowest BCUT2D eigenvalue weighted by Gasteiger charge is -2.22. The lowest BCUT2D eigenvalue weighted by atomic mass is 10.0.